The molecule has 2 aliphatic heterocycles. The molecule has 0 atom stereocenters. The third-order valence-electron chi connectivity index (χ3n) is 4.40. The maximum atomic E-state index is 12.3. The first-order valence-electron chi connectivity index (χ1n) is 8.85. The maximum absolute atomic E-state index is 12.3. The van der Waals surface area contributed by atoms with E-state index in [0.717, 1.165) is 39.1 Å². The number of carbonyl (C=O) groups excluding carboxylic acids is 1. The molecule has 0 spiro atoms. The maximum Gasteiger partial charge on any atom is 0.410 e. The highest BCUT2D eigenvalue weighted by Gasteiger charge is 2.28. The highest BCUT2D eigenvalue weighted by Crippen LogP contribution is 2.29. The van der Waals surface area contributed by atoms with Crippen LogP contribution in [0.4, 0.5) is 10.5 Å². The van der Waals surface area contributed by atoms with Crippen LogP contribution in [0.3, 0.4) is 0 Å². The fourth-order valence-corrected chi connectivity index (χ4v) is 3.19. The highest BCUT2D eigenvalue weighted by atomic mass is 16.6. The molecule has 0 aliphatic carbocycles. The van der Waals surface area contributed by atoms with Crippen molar-refractivity contribution < 1.29 is 14.3 Å². The zero-order chi connectivity index (χ0) is 17.2. The number of amides is 1. The molecule has 3 rings (SSSR count). The van der Waals surface area contributed by atoms with E-state index >= 15 is 0 Å². The summed E-state index contributed by atoms with van der Waals surface area (Å²) in [7, 11) is 0. The van der Waals surface area contributed by atoms with E-state index in [9.17, 15) is 4.79 Å². The molecule has 0 aromatic heterocycles. The Morgan fingerprint density at radius 2 is 1.88 bits per heavy atom. The summed E-state index contributed by atoms with van der Waals surface area (Å²) < 4.78 is 11.1. The van der Waals surface area contributed by atoms with Crippen LogP contribution in [-0.2, 0) is 22.6 Å². The molecule has 0 saturated carbocycles. The Labute approximate surface area is 144 Å². The van der Waals surface area contributed by atoms with Crippen LogP contribution in [0.15, 0.2) is 18.2 Å². The Morgan fingerprint density at radius 1 is 1.08 bits per heavy atom. The van der Waals surface area contributed by atoms with E-state index in [2.05, 4.69) is 23.1 Å². The molecule has 132 valence electrons. The van der Waals surface area contributed by atoms with E-state index < -0.39 is 5.60 Å². The number of ether oxygens (including phenoxy) is 2. The molecule has 0 bridgehead atoms. The van der Waals surface area contributed by atoms with Crippen molar-refractivity contribution in [3.63, 3.8) is 0 Å². The van der Waals surface area contributed by atoms with Gasteiger partial charge in [0.25, 0.3) is 0 Å². The van der Waals surface area contributed by atoms with Crippen LogP contribution in [0.1, 0.15) is 44.7 Å². The molecular weight excluding hydrogens is 304 g/mol. The van der Waals surface area contributed by atoms with Crippen molar-refractivity contribution in [2.45, 2.75) is 52.3 Å². The van der Waals surface area contributed by atoms with Crippen LogP contribution in [-0.4, -0.2) is 42.9 Å². The number of carbonyl (C=O) groups is 1. The molecule has 1 amide bonds. The number of hydrogen-bond donors (Lipinski definition) is 0. The summed E-state index contributed by atoms with van der Waals surface area (Å²) in [5.74, 6) is 0. The Morgan fingerprint density at radius 3 is 2.67 bits per heavy atom. The molecule has 5 nitrogen and oxygen atoms in total. The van der Waals surface area contributed by atoms with Crippen molar-refractivity contribution in [3.05, 3.63) is 29.3 Å². The third-order valence-corrected chi connectivity index (χ3v) is 4.40. The molecule has 1 aromatic carbocycles. The lowest BCUT2D eigenvalue weighted by atomic mass is 10.1. The van der Waals surface area contributed by atoms with Gasteiger partial charge in [-0.1, -0.05) is 6.07 Å². The van der Waals surface area contributed by atoms with Gasteiger partial charge in [0.1, 0.15) is 5.60 Å². The smallest absolute Gasteiger partial charge is 0.410 e. The third kappa shape index (κ3) is 4.20. The Balaban J connectivity index is 1.68. The van der Waals surface area contributed by atoms with Gasteiger partial charge >= 0.3 is 6.09 Å². The van der Waals surface area contributed by atoms with Gasteiger partial charge in [0, 0.05) is 38.5 Å². The van der Waals surface area contributed by atoms with Gasteiger partial charge in [0.2, 0.25) is 0 Å². The van der Waals surface area contributed by atoms with Crippen molar-refractivity contribution in [2.24, 2.45) is 0 Å². The zero-order valence-corrected chi connectivity index (χ0v) is 15.0. The van der Waals surface area contributed by atoms with E-state index in [1.807, 2.05) is 20.8 Å². The summed E-state index contributed by atoms with van der Waals surface area (Å²) in [6.45, 7) is 10.6. The van der Waals surface area contributed by atoms with Crippen LogP contribution < -0.4 is 4.90 Å². The zero-order valence-electron chi connectivity index (χ0n) is 15.0. The second kappa shape index (κ2) is 7.01. The number of rotatable bonds is 1. The van der Waals surface area contributed by atoms with E-state index in [4.69, 9.17) is 9.47 Å². The van der Waals surface area contributed by atoms with E-state index in [-0.39, 0.29) is 6.09 Å². The first-order chi connectivity index (χ1) is 11.4. The molecule has 0 radical (unpaired) electrons. The van der Waals surface area contributed by atoms with Crippen molar-refractivity contribution in [2.75, 3.05) is 31.2 Å². The molecule has 0 N–H and O–H groups in total. The molecule has 1 fully saturated rings. The van der Waals surface area contributed by atoms with Crippen LogP contribution >= 0.6 is 0 Å². The number of benzene rings is 1. The monoisotopic (exact) mass is 332 g/mol. The van der Waals surface area contributed by atoms with Gasteiger partial charge in [-0.2, -0.15) is 0 Å². The number of nitrogens with zero attached hydrogens (tertiary/aromatic N) is 2. The summed E-state index contributed by atoms with van der Waals surface area (Å²) in [5.41, 5.74) is 3.21. The molecule has 0 unspecified atom stereocenters. The standard InChI is InChI=1S/C19H28N2O3/c1-19(2,3)24-18(22)21-13-15-6-7-17(12-16(15)14-21)20-8-4-5-10-23-11-9-20/h6-7,12H,4-5,8-11,13-14H2,1-3H3. The molecule has 1 saturated heterocycles. The van der Waals surface area contributed by atoms with Crippen LogP contribution in [0.5, 0.6) is 0 Å². The van der Waals surface area contributed by atoms with Gasteiger partial charge in [0.05, 0.1) is 6.61 Å². The van der Waals surface area contributed by atoms with Gasteiger partial charge < -0.3 is 14.4 Å². The second-order valence-electron chi connectivity index (χ2n) is 7.60. The molecular formula is C19H28N2O3. The Hall–Kier alpha value is -1.75. The Kier molecular flexibility index (Phi) is 4.99. The van der Waals surface area contributed by atoms with Gasteiger partial charge in [-0.3, -0.25) is 4.90 Å². The van der Waals surface area contributed by atoms with Gasteiger partial charge in [-0.25, -0.2) is 4.79 Å². The van der Waals surface area contributed by atoms with Crippen LogP contribution in [0.25, 0.3) is 0 Å². The predicted octanol–water partition coefficient (Wildman–Crippen LogP) is 3.55. The number of anilines is 1. The van der Waals surface area contributed by atoms with Crippen molar-refractivity contribution in [3.8, 4) is 0 Å². The topological polar surface area (TPSA) is 42.0 Å². The van der Waals surface area contributed by atoms with Crippen molar-refractivity contribution in [1.29, 1.82) is 0 Å². The summed E-state index contributed by atoms with van der Waals surface area (Å²) >= 11 is 0. The summed E-state index contributed by atoms with van der Waals surface area (Å²) in [6.07, 6.45) is 2.04. The van der Waals surface area contributed by atoms with E-state index in [1.165, 1.54) is 16.8 Å². The minimum absolute atomic E-state index is 0.236. The minimum atomic E-state index is -0.457. The fourth-order valence-electron chi connectivity index (χ4n) is 3.19. The van der Waals surface area contributed by atoms with Gasteiger partial charge in [-0.05, 0) is 56.9 Å². The first kappa shape index (κ1) is 17.1. The largest absolute Gasteiger partial charge is 0.444 e. The first-order valence-corrected chi connectivity index (χ1v) is 8.85. The lowest BCUT2D eigenvalue weighted by Crippen LogP contribution is -2.33. The lowest BCUT2D eigenvalue weighted by Gasteiger charge is -2.27. The van der Waals surface area contributed by atoms with Gasteiger partial charge in [-0.15, -0.1) is 0 Å². The minimum Gasteiger partial charge on any atom is -0.444 e. The van der Waals surface area contributed by atoms with E-state index in [0.29, 0.717) is 13.1 Å². The summed E-state index contributed by atoms with van der Waals surface area (Å²) in [4.78, 5) is 16.4. The average molecular weight is 332 g/mol. The Bertz CT molecular complexity index is 587. The molecule has 2 heterocycles. The van der Waals surface area contributed by atoms with Crippen LogP contribution in [0, 0.1) is 0 Å². The van der Waals surface area contributed by atoms with Crippen molar-refractivity contribution in [1.82, 2.24) is 4.90 Å². The van der Waals surface area contributed by atoms with Crippen LogP contribution in [0.2, 0.25) is 0 Å². The quantitative estimate of drug-likeness (QED) is 0.789. The molecule has 2 aliphatic rings. The molecule has 24 heavy (non-hydrogen) atoms. The second-order valence-corrected chi connectivity index (χ2v) is 7.60. The average Bonchev–Trinajstić information content (AvgIpc) is 2.88. The molecule has 5 heteroatoms. The van der Waals surface area contributed by atoms with Gasteiger partial charge in [0.15, 0.2) is 0 Å². The van der Waals surface area contributed by atoms with E-state index in [1.54, 1.807) is 4.90 Å². The lowest BCUT2D eigenvalue weighted by molar-refractivity contribution is 0.0242. The summed E-state index contributed by atoms with van der Waals surface area (Å²) in [5, 5.41) is 0. The number of fused-ring (bicyclic) bond motifs is 1. The summed E-state index contributed by atoms with van der Waals surface area (Å²) in [6, 6.07) is 6.54. The highest BCUT2D eigenvalue weighted by molar-refractivity contribution is 5.69. The normalized spacial score (nSPS) is 18.8. The predicted molar refractivity (Wildman–Crippen MR) is 94.2 cm³/mol. The fraction of sp³-hybridized carbons (Fsp3) is 0.632. The van der Waals surface area contributed by atoms with Crippen molar-refractivity contribution >= 4 is 11.8 Å². The number of hydrogen-bond acceptors (Lipinski definition) is 4. The SMILES string of the molecule is CC(C)(C)OC(=O)N1Cc2ccc(N3CCCCOCC3)cc2C1. The molecule has 1 aromatic rings.